The summed E-state index contributed by atoms with van der Waals surface area (Å²) in [6.45, 7) is 10.7. The molecule has 0 saturated heterocycles. The van der Waals surface area contributed by atoms with E-state index in [1.807, 2.05) is 6.07 Å². The highest BCUT2D eigenvalue weighted by molar-refractivity contribution is 9.10. The van der Waals surface area contributed by atoms with Gasteiger partial charge in [0.2, 0.25) is 0 Å². The molecular formula is C27H32BrNO5. The molecule has 6 nitrogen and oxygen atoms in total. The molecule has 1 aromatic carbocycles. The predicted molar refractivity (Wildman–Crippen MR) is 132 cm³/mol. The fraction of sp³-hybridized carbons (Fsp3) is 0.519. The van der Waals surface area contributed by atoms with Crippen molar-refractivity contribution >= 4 is 33.5 Å². The van der Waals surface area contributed by atoms with Crippen LogP contribution in [0.5, 0.6) is 5.75 Å². The first-order valence-corrected chi connectivity index (χ1v) is 12.6. The number of aliphatic carboxylic acids is 1. The molecule has 182 valence electrons. The number of carboxylic acid groups (broad SMARTS) is 1. The van der Waals surface area contributed by atoms with Crippen LogP contribution in [0.1, 0.15) is 71.8 Å². The molecule has 2 aliphatic carbocycles. The predicted octanol–water partition coefficient (Wildman–Crippen LogP) is 5.62. The van der Waals surface area contributed by atoms with Crippen LogP contribution in [-0.2, 0) is 14.4 Å². The standard InChI is InChI=1S/C27H32BrNO5/c1-6-29-17-10-26(2,3)12-19(30)24(17)23(25-18(29)11-27(4,5)13-20(25)31)16-9-15(28)7-8-21(16)34-14-22(32)33/h7-9,23H,6,10-14H2,1-5H3,(H,32,33). The van der Waals surface area contributed by atoms with E-state index in [1.54, 1.807) is 12.1 Å². The van der Waals surface area contributed by atoms with Crippen molar-refractivity contribution in [1.82, 2.24) is 4.90 Å². The number of rotatable bonds is 5. The lowest BCUT2D eigenvalue weighted by atomic mass is 9.63. The Labute approximate surface area is 209 Å². The number of carbonyl (C=O) groups excluding carboxylic acids is 2. The van der Waals surface area contributed by atoms with Crippen molar-refractivity contribution in [3.63, 3.8) is 0 Å². The van der Waals surface area contributed by atoms with Crippen LogP contribution < -0.4 is 4.74 Å². The molecular weight excluding hydrogens is 498 g/mol. The number of carbonyl (C=O) groups is 3. The van der Waals surface area contributed by atoms with E-state index in [0.717, 1.165) is 28.7 Å². The SMILES string of the molecule is CCN1C2=C(C(=O)CC(C)(C)C2)C(c2cc(Br)ccc2OCC(=O)O)C2=C1CC(C)(C)CC2=O. The van der Waals surface area contributed by atoms with Gasteiger partial charge in [0.25, 0.3) is 0 Å². The monoisotopic (exact) mass is 529 g/mol. The van der Waals surface area contributed by atoms with Crippen LogP contribution in [0.25, 0.3) is 0 Å². The lowest BCUT2D eigenvalue weighted by Gasteiger charge is -2.49. The molecule has 0 fully saturated rings. The van der Waals surface area contributed by atoms with Gasteiger partial charge < -0.3 is 14.7 Å². The number of carboxylic acids is 1. The first kappa shape index (κ1) is 24.7. The smallest absolute Gasteiger partial charge is 0.341 e. The van der Waals surface area contributed by atoms with E-state index in [1.165, 1.54) is 0 Å². The van der Waals surface area contributed by atoms with Gasteiger partial charge in [0.05, 0.1) is 0 Å². The summed E-state index contributed by atoms with van der Waals surface area (Å²) in [5, 5.41) is 9.20. The minimum Gasteiger partial charge on any atom is -0.482 e. The maximum absolute atomic E-state index is 13.7. The van der Waals surface area contributed by atoms with Crippen LogP contribution in [-0.4, -0.2) is 40.7 Å². The number of ketones is 2. The van der Waals surface area contributed by atoms with E-state index in [9.17, 15) is 19.5 Å². The molecule has 7 heteroatoms. The minimum atomic E-state index is -1.08. The Morgan fingerprint density at radius 1 is 1.03 bits per heavy atom. The Hall–Kier alpha value is -2.41. The van der Waals surface area contributed by atoms with E-state index in [0.29, 0.717) is 41.8 Å². The van der Waals surface area contributed by atoms with E-state index >= 15 is 0 Å². The fourth-order valence-electron chi connectivity index (χ4n) is 5.76. The summed E-state index contributed by atoms with van der Waals surface area (Å²) in [5.41, 5.74) is 3.59. The van der Waals surface area contributed by atoms with E-state index in [4.69, 9.17) is 4.74 Å². The van der Waals surface area contributed by atoms with Crippen molar-refractivity contribution in [3.05, 3.63) is 50.8 Å². The van der Waals surface area contributed by atoms with Crippen LogP contribution in [0.4, 0.5) is 0 Å². The van der Waals surface area contributed by atoms with Gasteiger partial charge in [-0.1, -0.05) is 43.6 Å². The van der Waals surface area contributed by atoms with E-state index in [2.05, 4.69) is 55.4 Å². The van der Waals surface area contributed by atoms with Gasteiger partial charge in [-0.15, -0.1) is 0 Å². The van der Waals surface area contributed by atoms with Gasteiger partial charge in [0.15, 0.2) is 18.2 Å². The van der Waals surface area contributed by atoms with Gasteiger partial charge in [-0.05, 0) is 48.8 Å². The third kappa shape index (κ3) is 4.47. The zero-order valence-corrected chi connectivity index (χ0v) is 22.0. The molecule has 0 amide bonds. The molecule has 34 heavy (non-hydrogen) atoms. The highest BCUT2D eigenvalue weighted by atomic mass is 79.9. The number of ether oxygens (including phenoxy) is 1. The highest BCUT2D eigenvalue weighted by Gasteiger charge is 2.49. The number of allylic oxidation sites excluding steroid dienone is 4. The van der Waals surface area contributed by atoms with Crippen LogP contribution in [0.3, 0.4) is 0 Å². The molecule has 1 aliphatic heterocycles. The summed E-state index contributed by atoms with van der Waals surface area (Å²) in [6, 6.07) is 5.35. The Balaban J connectivity index is 2.00. The highest BCUT2D eigenvalue weighted by Crippen LogP contribution is 2.55. The van der Waals surface area contributed by atoms with Crippen molar-refractivity contribution < 1.29 is 24.2 Å². The lowest BCUT2D eigenvalue weighted by molar-refractivity contribution is -0.139. The number of benzene rings is 1. The molecule has 0 spiro atoms. The number of hydrogen-bond donors (Lipinski definition) is 1. The Morgan fingerprint density at radius 3 is 2.03 bits per heavy atom. The largest absolute Gasteiger partial charge is 0.482 e. The molecule has 1 N–H and O–H groups in total. The van der Waals surface area contributed by atoms with Gasteiger partial charge in [0.1, 0.15) is 5.75 Å². The summed E-state index contributed by atoms with van der Waals surface area (Å²) in [4.78, 5) is 40.8. The molecule has 0 atom stereocenters. The lowest BCUT2D eigenvalue weighted by Crippen LogP contribution is -2.44. The third-order valence-electron chi connectivity index (χ3n) is 6.97. The second-order valence-electron chi connectivity index (χ2n) is 11.1. The van der Waals surface area contributed by atoms with Gasteiger partial charge in [-0.25, -0.2) is 4.79 Å². The van der Waals surface area contributed by atoms with Crippen LogP contribution in [0.2, 0.25) is 0 Å². The number of hydrogen-bond acceptors (Lipinski definition) is 5. The molecule has 4 rings (SSSR count). The van der Waals surface area contributed by atoms with Crippen molar-refractivity contribution in [2.75, 3.05) is 13.2 Å². The van der Waals surface area contributed by atoms with Crippen molar-refractivity contribution in [1.29, 1.82) is 0 Å². The molecule has 0 saturated carbocycles. The first-order chi connectivity index (χ1) is 15.8. The number of nitrogens with zero attached hydrogens (tertiary/aromatic N) is 1. The molecule has 1 heterocycles. The summed E-state index contributed by atoms with van der Waals surface area (Å²) >= 11 is 3.53. The Morgan fingerprint density at radius 2 is 1.56 bits per heavy atom. The van der Waals surface area contributed by atoms with Crippen LogP contribution >= 0.6 is 15.9 Å². The second-order valence-corrected chi connectivity index (χ2v) is 12.1. The molecule has 0 bridgehead atoms. The molecule has 3 aliphatic rings. The van der Waals surface area contributed by atoms with Gasteiger partial charge >= 0.3 is 5.97 Å². The third-order valence-corrected chi connectivity index (χ3v) is 7.47. The maximum Gasteiger partial charge on any atom is 0.341 e. The average molecular weight is 530 g/mol. The Kier molecular flexibility index (Phi) is 6.30. The van der Waals surface area contributed by atoms with Gasteiger partial charge in [-0.3, -0.25) is 9.59 Å². The zero-order valence-electron chi connectivity index (χ0n) is 20.5. The normalized spacial score (nSPS) is 22.0. The summed E-state index contributed by atoms with van der Waals surface area (Å²) in [5.74, 6) is -1.18. The molecule has 0 unspecified atom stereocenters. The van der Waals surface area contributed by atoms with Crippen molar-refractivity contribution in [2.45, 2.75) is 66.2 Å². The van der Waals surface area contributed by atoms with E-state index < -0.39 is 18.5 Å². The average Bonchev–Trinajstić information content (AvgIpc) is 2.69. The van der Waals surface area contributed by atoms with Gasteiger partial charge in [0, 0.05) is 57.9 Å². The summed E-state index contributed by atoms with van der Waals surface area (Å²) in [7, 11) is 0. The van der Waals surface area contributed by atoms with Crippen LogP contribution in [0, 0.1) is 10.8 Å². The van der Waals surface area contributed by atoms with Crippen molar-refractivity contribution in [3.8, 4) is 5.75 Å². The minimum absolute atomic E-state index is 0.0445. The van der Waals surface area contributed by atoms with Crippen molar-refractivity contribution in [2.24, 2.45) is 10.8 Å². The molecule has 0 aromatic heterocycles. The summed E-state index contributed by atoms with van der Waals surface area (Å²) in [6.07, 6.45) is 2.29. The summed E-state index contributed by atoms with van der Waals surface area (Å²) < 4.78 is 6.45. The second kappa shape index (κ2) is 8.67. The molecule has 0 radical (unpaired) electrons. The number of Topliss-reactive ketones (excluding diaryl/α,β-unsaturated/α-hetero) is 2. The maximum atomic E-state index is 13.7. The topological polar surface area (TPSA) is 83.9 Å². The zero-order chi connectivity index (χ0) is 25.0. The quantitative estimate of drug-likeness (QED) is 0.532. The van der Waals surface area contributed by atoms with E-state index in [-0.39, 0.29) is 22.4 Å². The first-order valence-electron chi connectivity index (χ1n) is 11.8. The molecule has 1 aromatic rings. The number of halogens is 1. The van der Waals surface area contributed by atoms with Gasteiger partial charge in [-0.2, -0.15) is 0 Å². The fourth-order valence-corrected chi connectivity index (χ4v) is 6.14. The Bertz CT molecular complexity index is 1090. The van der Waals surface area contributed by atoms with Crippen LogP contribution in [0.15, 0.2) is 45.2 Å².